The van der Waals surface area contributed by atoms with Crippen molar-refractivity contribution in [2.45, 2.75) is 6.92 Å². The van der Waals surface area contributed by atoms with Crippen LogP contribution in [0.5, 0.6) is 0 Å². The van der Waals surface area contributed by atoms with Gasteiger partial charge in [0.25, 0.3) is 0 Å². The van der Waals surface area contributed by atoms with E-state index in [0.29, 0.717) is 5.82 Å². The maximum atomic E-state index is 12.6. The standard InChI is InChI=1S/C11H9FN2S/c1-8(12)5-10-6-9(7-15-10)11-13-3-2-4-14-11/h2-7H,1H3/b8-5+. The fourth-order valence-electron chi connectivity index (χ4n) is 1.19. The summed E-state index contributed by atoms with van der Waals surface area (Å²) in [5.41, 5.74) is 0.924. The summed E-state index contributed by atoms with van der Waals surface area (Å²) in [6, 6.07) is 3.64. The van der Waals surface area contributed by atoms with E-state index < -0.39 is 0 Å². The van der Waals surface area contributed by atoms with E-state index in [1.807, 2.05) is 11.4 Å². The molecule has 0 saturated heterocycles. The maximum Gasteiger partial charge on any atom is 0.159 e. The third-order valence-electron chi connectivity index (χ3n) is 1.78. The lowest BCUT2D eigenvalue weighted by atomic mass is 10.3. The van der Waals surface area contributed by atoms with Crippen molar-refractivity contribution in [1.82, 2.24) is 9.97 Å². The smallest absolute Gasteiger partial charge is 0.159 e. The van der Waals surface area contributed by atoms with Crippen molar-refractivity contribution in [3.8, 4) is 11.4 Å². The topological polar surface area (TPSA) is 25.8 Å². The van der Waals surface area contributed by atoms with Crippen molar-refractivity contribution in [3.63, 3.8) is 0 Å². The number of halogens is 1. The predicted molar refractivity (Wildman–Crippen MR) is 60.1 cm³/mol. The average molecular weight is 220 g/mol. The van der Waals surface area contributed by atoms with Gasteiger partial charge in [0.2, 0.25) is 0 Å². The molecule has 0 N–H and O–H groups in total. The van der Waals surface area contributed by atoms with E-state index >= 15 is 0 Å². The Kier molecular flexibility index (Phi) is 2.87. The zero-order valence-corrected chi connectivity index (χ0v) is 8.96. The second-order valence-electron chi connectivity index (χ2n) is 3.04. The first-order valence-electron chi connectivity index (χ1n) is 4.45. The largest absolute Gasteiger partial charge is 0.237 e. The lowest BCUT2D eigenvalue weighted by molar-refractivity contribution is 0.648. The van der Waals surface area contributed by atoms with Crippen molar-refractivity contribution in [2.24, 2.45) is 0 Å². The number of hydrogen-bond acceptors (Lipinski definition) is 3. The number of aromatic nitrogens is 2. The molecule has 0 aromatic carbocycles. The summed E-state index contributed by atoms with van der Waals surface area (Å²) in [5, 5.41) is 1.92. The van der Waals surface area contributed by atoms with E-state index in [-0.39, 0.29) is 5.83 Å². The average Bonchev–Trinajstić information content (AvgIpc) is 2.67. The van der Waals surface area contributed by atoms with Crippen LogP contribution < -0.4 is 0 Å². The van der Waals surface area contributed by atoms with E-state index in [4.69, 9.17) is 0 Å². The van der Waals surface area contributed by atoms with Crippen molar-refractivity contribution in [3.05, 3.63) is 40.6 Å². The summed E-state index contributed by atoms with van der Waals surface area (Å²) < 4.78 is 12.6. The first-order chi connectivity index (χ1) is 7.25. The van der Waals surface area contributed by atoms with Gasteiger partial charge in [-0.25, -0.2) is 14.4 Å². The molecule has 2 nitrogen and oxygen atoms in total. The van der Waals surface area contributed by atoms with Crippen molar-refractivity contribution in [1.29, 1.82) is 0 Å². The Labute approximate surface area is 91.1 Å². The molecular weight excluding hydrogens is 211 g/mol. The van der Waals surface area contributed by atoms with Crippen LogP contribution in [0.15, 0.2) is 35.7 Å². The Morgan fingerprint density at radius 2 is 2.13 bits per heavy atom. The minimum Gasteiger partial charge on any atom is -0.237 e. The van der Waals surface area contributed by atoms with E-state index in [9.17, 15) is 4.39 Å². The molecule has 0 spiro atoms. The number of thiophene rings is 1. The minimum atomic E-state index is -0.197. The van der Waals surface area contributed by atoms with Gasteiger partial charge in [0.05, 0.1) is 5.83 Å². The number of nitrogens with zero attached hydrogens (tertiary/aromatic N) is 2. The Balaban J connectivity index is 2.32. The van der Waals surface area contributed by atoms with Gasteiger partial charge in [-0.3, -0.25) is 0 Å². The molecule has 0 amide bonds. The summed E-state index contributed by atoms with van der Waals surface area (Å²) in [6.07, 6.45) is 4.88. The van der Waals surface area contributed by atoms with Gasteiger partial charge in [0, 0.05) is 28.2 Å². The molecule has 15 heavy (non-hydrogen) atoms. The van der Waals surface area contributed by atoms with Crippen LogP contribution in [0.2, 0.25) is 0 Å². The predicted octanol–water partition coefficient (Wildman–Crippen LogP) is 3.54. The van der Waals surface area contributed by atoms with E-state index in [1.54, 1.807) is 18.5 Å². The summed E-state index contributed by atoms with van der Waals surface area (Å²) >= 11 is 1.48. The third kappa shape index (κ3) is 2.47. The highest BCUT2D eigenvalue weighted by molar-refractivity contribution is 7.11. The summed E-state index contributed by atoms with van der Waals surface area (Å²) in [5.74, 6) is 0.474. The van der Waals surface area contributed by atoms with E-state index in [0.717, 1.165) is 10.4 Å². The van der Waals surface area contributed by atoms with E-state index in [1.165, 1.54) is 24.3 Å². The summed E-state index contributed by atoms with van der Waals surface area (Å²) in [4.78, 5) is 9.12. The Morgan fingerprint density at radius 1 is 1.40 bits per heavy atom. The van der Waals surface area contributed by atoms with Gasteiger partial charge in [-0.1, -0.05) is 0 Å². The Bertz CT molecular complexity index is 472. The normalized spacial score (nSPS) is 11.7. The van der Waals surface area contributed by atoms with Gasteiger partial charge >= 0.3 is 0 Å². The van der Waals surface area contributed by atoms with Crippen molar-refractivity contribution >= 4 is 17.4 Å². The molecule has 0 aliphatic heterocycles. The van der Waals surface area contributed by atoms with Crippen LogP contribution in [-0.4, -0.2) is 9.97 Å². The molecule has 0 radical (unpaired) electrons. The van der Waals surface area contributed by atoms with E-state index in [2.05, 4.69) is 9.97 Å². The zero-order chi connectivity index (χ0) is 10.7. The molecule has 2 aromatic heterocycles. The molecule has 4 heteroatoms. The Morgan fingerprint density at radius 3 is 2.80 bits per heavy atom. The molecule has 0 aliphatic rings. The van der Waals surface area contributed by atoms with Gasteiger partial charge in [0.15, 0.2) is 5.82 Å². The van der Waals surface area contributed by atoms with Crippen LogP contribution >= 0.6 is 11.3 Å². The van der Waals surface area contributed by atoms with Crippen LogP contribution in [0.3, 0.4) is 0 Å². The van der Waals surface area contributed by atoms with Gasteiger partial charge < -0.3 is 0 Å². The van der Waals surface area contributed by atoms with Crippen LogP contribution in [0.1, 0.15) is 11.8 Å². The SMILES string of the molecule is C/C(F)=C\c1cc(-c2ncccn2)cs1. The van der Waals surface area contributed by atoms with Gasteiger partial charge in [0.1, 0.15) is 0 Å². The molecule has 0 bridgehead atoms. The first kappa shape index (κ1) is 9.98. The number of rotatable bonds is 2. The molecule has 0 unspecified atom stereocenters. The monoisotopic (exact) mass is 220 g/mol. The van der Waals surface area contributed by atoms with Crippen molar-refractivity contribution < 1.29 is 4.39 Å². The third-order valence-corrected chi connectivity index (χ3v) is 2.66. The fraction of sp³-hybridized carbons (Fsp3) is 0.0909. The second-order valence-corrected chi connectivity index (χ2v) is 3.98. The highest BCUT2D eigenvalue weighted by atomic mass is 32.1. The quantitative estimate of drug-likeness (QED) is 0.773. The minimum absolute atomic E-state index is 0.197. The molecule has 76 valence electrons. The highest BCUT2D eigenvalue weighted by Crippen LogP contribution is 2.24. The molecular formula is C11H9FN2S. The van der Waals surface area contributed by atoms with Gasteiger partial charge in [-0.2, -0.15) is 0 Å². The van der Waals surface area contributed by atoms with Gasteiger partial charge in [-0.05, 0) is 25.1 Å². The van der Waals surface area contributed by atoms with Crippen LogP contribution in [0, 0.1) is 0 Å². The summed E-state index contributed by atoms with van der Waals surface area (Å²) in [7, 11) is 0. The lowest BCUT2D eigenvalue weighted by Crippen LogP contribution is -1.83. The molecule has 0 fully saturated rings. The summed E-state index contributed by atoms with van der Waals surface area (Å²) in [6.45, 7) is 1.43. The number of allylic oxidation sites excluding steroid dienone is 1. The fourth-order valence-corrected chi connectivity index (χ4v) is 2.05. The van der Waals surface area contributed by atoms with Crippen LogP contribution in [0.25, 0.3) is 17.5 Å². The molecule has 0 saturated carbocycles. The molecule has 2 aromatic rings. The van der Waals surface area contributed by atoms with Crippen LogP contribution in [-0.2, 0) is 0 Å². The maximum absolute atomic E-state index is 12.6. The first-order valence-corrected chi connectivity index (χ1v) is 5.33. The van der Waals surface area contributed by atoms with Crippen molar-refractivity contribution in [2.75, 3.05) is 0 Å². The van der Waals surface area contributed by atoms with Gasteiger partial charge in [-0.15, -0.1) is 11.3 Å². The lowest BCUT2D eigenvalue weighted by Gasteiger charge is -1.92. The molecule has 2 rings (SSSR count). The second kappa shape index (κ2) is 4.31. The molecule has 0 aliphatic carbocycles. The number of hydrogen-bond donors (Lipinski definition) is 0. The Hall–Kier alpha value is -1.55. The molecule has 0 atom stereocenters. The van der Waals surface area contributed by atoms with Crippen LogP contribution in [0.4, 0.5) is 4.39 Å². The molecule has 2 heterocycles. The highest BCUT2D eigenvalue weighted by Gasteiger charge is 2.02. The zero-order valence-electron chi connectivity index (χ0n) is 8.14.